The Balaban J connectivity index is 2.48. The Bertz CT molecular complexity index is 325. The highest BCUT2D eigenvalue weighted by atomic mass is 16.2. The summed E-state index contributed by atoms with van der Waals surface area (Å²) in [5.41, 5.74) is -0.0550. The molecule has 0 aromatic carbocycles. The van der Waals surface area contributed by atoms with Crippen molar-refractivity contribution in [1.29, 1.82) is 0 Å². The molecule has 1 heterocycles. The van der Waals surface area contributed by atoms with Crippen LogP contribution in [0.15, 0.2) is 0 Å². The van der Waals surface area contributed by atoms with Gasteiger partial charge in [0.25, 0.3) is 0 Å². The molecule has 0 spiro atoms. The highest BCUT2D eigenvalue weighted by Gasteiger charge is 2.37. The lowest BCUT2D eigenvalue weighted by Gasteiger charge is -2.38. The zero-order chi connectivity index (χ0) is 14.5. The second-order valence-electron chi connectivity index (χ2n) is 5.76. The Kier molecular flexibility index (Phi) is 5.79. The van der Waals surface area contributed by atoms with Gasteiger partial charge in [-0.1, -0.05) is 13.8 Å². The van der Waals surface area contributed by atoms with Crippen molar-refractivity contribution in [3.8, 4) is 0 Å². The van der Waals surface area contributed by atoms with Crippen molar-refractivity contribution in [3.05, 3.63) is 0 Å². The molecule has 2 amide bonds. The monoisotopic (exact) mass is 269 g/mol. The summed E-state index contributed by atoms with van der Waals surface area (Å²) in [7, 11) is 0. The van der Waals surface area contributed by atoms with Gasteiger partial charge in [-0.15, -0.1) is 0 Å². The average molecular weight is 269 g/mol. The number of nitrogens with zero attached hydrogens (tertiary/aromatic N) is 1. The topological polar surface area (TPSA) is 61.4 Å². The predicted molar refractivity (Wildman–Crippen MR) is 75.7 cm³/mol. The van der Waals surface area contributed by atoms with Crippen molar-refractivity contribution in [2.45, 2.75) is 46.6 Å². The molecule has 0 saturated carbocycles. The fraction of sp³-hybridized carbons (Fsp3) is 0.857. The maximum atomic E-state index is 12.2. The summed E-state index contributed by atoms with van der Waals surface area (Å²) < 4.78 is 0. The van der Waals surface area contributed by atoms with Crippen LogP contribution >= 0.6 is 0 Å². The Morgan fingerprint density at radius 2 is 1.95 bits per heavy atom. The van der Waals surface area contributed by atoms with Gasteiger partial charge in [-0.25, -0.2) is 0 Å². The first-order valence-corrected chi connectivity index (χ1v) is 7.21. The van der Waals surface area contributed by atoms with Crippen molar-refractivity contribution >= 4 is 11.8 Å². The van der Waals surface area contributed by atoms with Crippen molar-refractivity contribution in [2.24, 2.45) is 5.41 Å². The quantitative estimate of drug-likeness (QED) is 0.774. The summed E-state index contributed by atoms with van der Waals surface area (Å²) in [5, 5.41) is 6.02. The minimum atomic E-state index is -0.203. The first-order valence-electron chi connectivity index (χ1n) is 7.21. The molecule has 19 heavy (non-hydrogen) atoms. The molecule has 1 atom stereocenters. The third-order valence-corrected chi connectivity index (χ3v) is 3.92. The van der Waals surface area contributed by atoms with Gasteiger partial charge in [0.1, 0.15) is 0 Å². The van der Waals surface area contributed by atoms with Gasteiger partial charge in [0.05, 0.1) is 12.6 Å². The molecule has 5 heteroatoms. The van der Waals surface area contributed by atoms with Crippen LogP contribution in [0.3, 0.4) is 0 Å². The fourth-order valence-corrected chi connectivity index (χ4v) is 2.61. The Hall–Kier alpha value is -1.10. The molecule has 1 fully saturated rings. The Labute approximate surface area is 116 Å². The number of carbonyl (C=O) groups is 2. The van der Waals surface area contributed by atoms with Crippen LogP contribution in [0.1, 0.15) is 40.5 Å². The van der Waals surface area contributed by atoms with Crippen molar-refractivity contribution in [3.63, 3.8) is 0 Å². The predicted octanol–water partition coefficient (Wildman–Crippen LogP) is 0.749. The second-order valence-corrected chi connectivity index (χ2v) is 5.76. The molecule has 110 valence electrons. The first kappa shape index (κ1) is 16.0. The molecular weight excluding hydrogens is 242 g/mol. The van der Waals surface area contributed by atoms with Gasteiger partial charge < -0.3 is 15.5 Å². The molecule has 1 unspecified atom stereocenters. The smallest absolute Gasteiger partial charge is 0.241 e. The minimum Gasteiger partial charge on any atom is -0.346 e. The Morgan fingerprint density at radius 3 is 2.47 bits per heavy atom. The number of carbonyl (C=O) groups excluding carboxylic acids is 2. The van der Waals surface area contributed by atoms with Crippen LogP contribution in [0.2, 0.25) is 0 Å². The maximum absolute atomic E-state index is 12.2. The number of likely N-dealkylation sites (N-methyl/N-ethyl adjacent to an activating group) is 1. The maximum Gasteiger partial charge on any atom is 0.241 e. The van der Waals surface area contributed by atoms with E-state index in [1.807, 2.05) is 13.8 Å². The fourth-order valence-electron chi connectivity index (χ4n) is 2.61. The van der Waals surface area contributed by atoms with Gasteiger partial charge in [-0.3, -0.25) is 9.59 Å². The summed E-state index contributed by atoms with van der Waals surface area (Å²) >= 11 is 0. The van der Waals surface area contributed by atoms with Crippen LogP contribution in [0.5, 0.6) is 0 Å². The van der Waals surface area contributed by atoms with E-state index in [4.69, 9.17) is 0 Å². The van der Waals surface area contributed by atoms with Gasteiger partial charge in [-0.2, -0.15) is 0 Å². The van der Waals surface area contributed by atoms with Crippen molar-refractivity contribution in [1.82, 2.24) is 15.5 Å². The molecule has 2 N–H and O–H groups in total. The Morgan fingerprint density at radius 1 is 1.32 bits per heavy atom. The van der Waals surface area contributed by atoms with E-state index in [2.05, 4.69) is 24.5 Å². The zero-order valence-electron chi connectivity index (χ0n) is 12.6. The van der Waals surface area contributed by atoms with E-state index >= 15 is 0 Å². The van der Waals surface area contributed by atoms with Crippen LogP contribution in [-0.4, -0.2) is 48.9 Å². The summed E-state index contributed by atoms with van der Waals surface area (Å²) in [6, 6.07) is -0.203. The lowest BCUT2D eigenvalue weighted by molar-refractivity contribution is -0.134. The number of hydrogen-bond donors (Lipinski definition) is 2. The van der Waals surface area contributed by atoms with Gasteiger partial charge in [0, 0.05) is 13.1 Å². The van der Waals surface area contributed by atoms with E-state index in [1.54, 1.807) is 4.90 Å². The molecule has 1 saturated heterocycles. The number of rotatable bonds is 5. The second kappa shape index (κ2) is 6.89. The summed E-state index contributed by atoms with van der Waals surface area (Å²) in [6.45, 7) is 10.4. The van der Waals surface area contributed by atoms with Gasteiger partial charge in [-0.05, 0) is 38.6 Å². The first-order chi connectivity index (χ1) is 8.92. The third-order valence-electron chi connectivity index (χ3n) is 3.92. The molecule has 0 bridgehead atoms. The standard InChI is InChI=1S/C14H27N3O2/c1-5-17(6-2)11(18)10-16-13(19)12-14(3,4)8-7-9-15-12/h12,15H,5-10H2,1-4H3,(H,16,19). The SMILES string of the molecule is CCN(CC)C(=O)CNC(=O)C1NCCCC1(C)C. The lowest BCUT2D eigenvalue weighted by Crippen LogP contribution is -2.56. The van der Waals surface area contributed by atoms with Crippen LogP contribution < -0.4 is 10.6 Å². The number of nitrogens with one attached hydrogen (secondary N) is 2. The van der Waals surface area contributed by atoms with E-state index in [0.717, 1.165) is 19.4 Å². The molecule has 1 rings (SSSR count). The molecular formula is C14H27N3O2. The van der Waals surface area contributed by atoms with Gasteiger partial charge >= 0.3 is 0 Å². The molecule has 1 aliphatic heterocycles. The normalized spacial score (nSPS) is 21.8. The number of amides is 2. The molecule has 5 nitrogen and oxygen atoms in total. The third kappa shape index (κ3) is 4.20. The van der Waals surface area contributed by atoms with Crippen LogP contribution in [0.4, 0.5) is 0 Å². The minimum absolute atomic E-state index is 0.0213. The van der Waals surface area contributed by atoms with Gasteiger partial charge in [0.15, 0.2) is 0 Å². The summed E-state index contributed by atoms with van der Waals surface area (Å²) in [6.07, 6.45) is 2.12. The van der Waals surface area contributed by atoms with Crippen LogP contribution in [-0.2, 0) is 9.59 Å². The van der Waals surface area contributed by atoms with Crippen LogP contribution in [0.25, 0.3) is 0 Å². The highest BCUT2D eigenvalue weighted by molar-refractivity contribution is 5.88. The largest absolute Gasteiger partial charge is 0.346 e. The summed E-state index contributed by atoms with van der Waals surface area (Å²) in [4.78, 5) is 25.7. The van der Waals surface area contributed by atoms with E-state index in [-0.39, 0.29) is 29.8 Å². The van der Waals surface area contributed by atoms with Gasteiger partial charge in [0.2, 0.25) is 11.8 Å². The van der Waals surface area contributed by atoms with Crippen LogP contribution in [0, 0.1) is 5.41 Å². The van der Waals surface area contributed by atoms with Crippen molar-refractivity contribution < 1.29 is 9.59 Å². The molecule has 1 aliphatic rings. The molecule has 0 aromatic heterocycles. The number of hydrogen-bond acceptors (Lipinski definition) is 3. The highest BCUT2D eigenvalue weighted by Crippen LogP contribution is 2.29. The van der Waals surface area contributed by atoms with E-state index in [9.17, 15) is 9.59 Å². The molecule has 0 aromatic rings. The van der Waals surface area contributed by atoms with E-state index in [0.29, 0.717) is 13.1 Å². The summed E-state index contributed by atoms with van der Waals surface area (Å²) in [5.74, 6) is -0.0860. The van der Waals surface area contributed by atoms with E-state index < -0.39 is 0 Å². The van der Waals surface area contributed by atoms with E-state index in [1.165, 1.54) is 0 Å². The zero-order valence-corrected chi connectivity index (χ0v) is 12.6. The molecule has 0 radical (unpaired) electrons. The molecule has 0 aliphatic carbocycles. The lowest BCUT2D eigenvalue weighted by atomic mass is 9.77. The number of piperidine rings is 1. The average Bonchev–Trinajstić information content (AvgIpc) is 2.37. The van der Waals surface area contributed by atoms with Crippen molar-refractivity contribution in [2.75, 3.05) is 26.2 Å².